The molecule has 1 aromatic heterocycles. The van der Waals surface area contributed by atoms with Gasteiger partial charge >= 0.3 is 0 Å². The molecule has 0 aliphatic heterocycles. The summed E-state index contributed by atoms with van der Waals surface area (Å²) >= 11 is 1.57. The smallest absolute Gasteiger partial charge is 0.273 e. The molecule has 0 radical (unpaired) electrons. The lowest BCUT2D eigenvalue weighted by Crippen LogP contribution is -2.25. The van der Waals surface area contributed by atoms with Gasteiger partial charge in [-0.05, 0) is 38.5 Å². The number of thiazole rings is 1. The predicted molar refractivity (Wildman–Crippen MR) is 60.3 cm³/mol. The Morgan fingerprint density at radius 3 is 2.73 bits per heavy atom. The standard InChI is InChI=1S/C11H17NO2S/c1-8-7-15-11(12-8)14-10-4-2-9(6-13)3-5-10/h7,9-10,13H,2-6H2,1H3. The van der Waals surface area contributed by atoms with Gasteiger partial charge in [-0.25, -0.2) is 4.98 Å². The lowest BCUT2D eigenvalue weighted by atomic mass is 9.88. The van der Waals surface area contributed by atoms with E-state index in [1.54, 1.807) is 11.3 Å². The average molecular weight is 227 g/mol. The van der Waals surface area contributed by atoms with Gasteiger partial charge in [-0.1, -0.05) is 11.3 Å². The van der Waals surface area contributed by atoms with Crippen molar-refractivity contribution >= 4 is 11.3 Å². The maximum Gasteiger partial charge on any atom is 0.273 e. The molecule has 0 saturated heterocycles. The van der Waals surface area contributed by atoms with Gasteiger partial charge in [0.15, 0.2) is 0 Å². The zero-order valence-corrected chi connectivity index (χ0v) is 9.80. The van der Waals surface area contributed by atoms with Crippen molar-refractivity contribution < 1.29 is 9.84 Å². The van der Waals surface area contributed by atoms with E-state index < -0.39 is 0 Å². The van der Waals surface area contributed by atoms with E-state index in [-0.39, 0.29) is 0 Å². The average Bonchev–Trinajstić information content (AvgIpc) is 2.65. The third-order valence-corrected chi connectivity index (χ3v) is 3.77. The summed E-state index contributed by atoms with van der Waals surface area (Å²) in [6.45, 7) is 2.30. The fraction of sp³-hybridized carbons (Fsp3) is 0.727. The van der Waals surface area contributed by atoms with Crippen LogP contribution in [0.15, 0.2) is 5.38 Å². The van der Waals surface area contributed by atoms with Crippen LogP contribution in [0, 0.1) is 12.8 Å². The Labute approximate surface area is 94.1 Å². The van der Waals surface area contributed by atoms with Crippen molar-refractivity contribution in [1.82, 2.24) is 4.98 Å². The summed E-state index contributed by atoms with van der Waals surface area (Å²) in [5, 5.41) is 11.8. The van der Waals surface area contributed by atoms with Crippen LogP contribution >= 0.6 is 11.3 Å². The van der Waals surface area contributed by atoms with E-state index in [1.807, 2.05) is 12.3 Å². The van der Waals surface area contributed by atoms with Gasteiger partial charge in [-0.2, -0.15) is 0 Å². The van der Waals surface area contributed by atoms with E-state index in [2.05, 4.69) is 4.98 Å². The van der Waals surface area contributed by atoms with Gasteiger partial charge in [0, 0.05) is 12.0 Å². The second kappa shape index (κ2) is 4.94. The summed E-state index contributed by atoms with van der Waals surface area (Å²) in [7, 11) is 0. The summed E-state index contributed by atoms with van der Waals surface area (Å²) in [5.41, 5.74) is 1.03. The molecule has 0 bridgehead atoms. The molecule has 1 aromatic rings. The largest absolute Gasteiger partial charge is 0.467 e. The number of hydrogen-bond donors (Lipinski definition) is 1. The van der Waals surface area contributed by atoms with Crippen molar-refractivity contribution in [2.45, 2.75) is 38.7 Å². The van der Waals surface area contributed by atoms with Gasteiger partial charge in [0.25, 0.3) is 5.19 Å². The molecular weight excluding hydrogens is 210 g/mol. The molecule has 1 aliphatic rings. The third kappa shape index (κ3) is 2.92. The molecular formula is C11H17NO2S. The van der Waals surface area contributed by atoms with E-state index in [1.165, 1.54) is 0 Å². The van der Waals surface area contributed by atoms with E-state index in [0.29, 0.717) is 18.6 Å². The number of aliphatic hydroxyl groups is 1. The zero-order valence-electron chi connectivity index (χ0n) is 8.98. The second-order valence-corrected chi connectivity index (χ2v) is 5.02. The summed E-state index contributed by atoms with van der Waals surface area (Å²) in [4.78, 5) is 4.29. The molecule has 0 aromatic carbocycles. The molecule has 1 N–H and O–H groups in total. The number of ether oxygens (including phenoxy) is 1. The predicted octanol–water partition coefficient (Wildman–Crippen LogP) is 2.38. The minimum atomic E-state index is 0.304. The maximum atomic E-state index is 9.02. The van der Waals surface area contributed by atoms with E-state index in [4.69, 9.17) is 9.84 Å². The molecule has 84 valence electrons. The van der Waals surface area contributed by atoms with Gasteiger partial charge in [0.2, 0.25) is 0 Å². The van der Waals surface area contributed by atoms with Crippen LogP contribution in [0.25, 0.3) is 0 Å². The van der Waals surface area contributed by atoms with Crippen molar-refractivity contribution in [3.8, 4) is 5.19 Å². The molecule has 0 spiro atoms. The summed E-state index contributed by atoms with van der Waals surface area (Å²) in [5.74, 6) is 0.489. The van der Waals surface area contributed by atoms with Crippen LogP contribution in [0.3, 0.4) is 0 Å². The normalized spacial score (nSPS) is 26.5. The molecule has 1 heterocycles. The first-order chi connectivity index (χ1) is 7.28. The topological polar surface area (TPSA) is 42.4 Å². The second-order valence-electron chi connectivity index (χ2n) is 4.20. The van der Waals surface area contributed by atoms with Crippen molar-refractivity contribution in [1.29, 1.82) is 0 Å². The van der Waals surface area contributed by atoms with Crippen LogP contribution in [-0.4, -0.2) is 22.8 Å². The molecule has 15 heavy (non-hydrogen) atoms. The molecule has 0 amide bonds. The van der Waals surface area contributed by atoms with Crippen LogP contribution in [0.2, 0.25) is 0 Å². The first-order valence-corrected chi connectivity index (χ1v) is 6.35. The Hall–Kier alpha value is -0.610. The lowest BCUT2D eigenvalue weighted by Gasteiger charge is -2.26. The number of hydrogen-bond acceptors (Lipinski definition) is 4. The molecule has 0 atom stereocenters. The fourth-order valence-corrected chi connectivity index (χ4v) is 2.67. The highest BCUT2D eigenvalue weighted by Crippen LogP contribution is 2.28. The number of nitrogens with zero attached hydrogens (tertiary/aromatic N) is 1. The van der Waals surface area contributed by atoms with Crippen LogP contribution in [0.4, 0.5) is 0 Å². The molecule has 3 nitrogen and oxygen atoms in total. The van der Waals surface area contributed by atoms with Crippen molar-refractivity contribution in [2.75, 3.05) is 6.61 Å². The highest BCUT2D eigenvalue weighted by Gasteiger charge is 2.22. The molecule has 0 unspecified atom stereocenters. The minimum absolute atomic E-state index is 0.304. The minimum Gasteiger partial charge on any atom is -0.467 e. The highest BCUT2D eigenvalue weighted by molar-refractivity contribution is 7.11. The zero-order chi connectivity index (χ0) is 10.7. The Balaban J connectivity index is 1.82. The molecule has 1 aliphatic carbocycles. The van der Waals surface area contributed by atoms with Crippen molar-refractivity contribution in [3.05, 3.63) is 11.1 Å². The Morgan fingerprint density at radius 2 is 2.20 bits per heavy atom. The van der Waals surface area contributed by atoms with Crippen LogP contribution < -0.4 is 4.74 Å². The van der Waals surface area contributed by atoms with E-state index in [0.717, 1.165) is 36.6 Å². The maximum absolute atomic E-state index is 9.02. The number of aromatic nitrogens is 1. The van der Waals surface area contributed by atoms with Gasteiger partial charge in [-0.3, -0.25) is 0 Å². The van der Waals surface area contributed by atoms with Gasteiger partial charge in [0.1, 0.15) is 6.10 Å². The van der Waals surface area contributed by atoms with E-state index >= 15 is 0 Å². The fourth-order valence-electron chi connectivity index (χ4n) is 1.96. The summed E-state index contributed by atoms with van der Waals surface area (Å²) < 4.78 is 5.79. The summed E-state index contributed by atoms with van der Waals surface area (Å²) in [6.07, 6.45) is 4.54. The number of rotatable bonds is 3. The van der Waals surface area contributed by atoms with Crippen LogP contribution in [0.5, 0.6) is 5.19 Å². The number of aliphatic hydroxyl groups excluding tert-OH is 1. The molecule has 2 rings (SSSR count). The first-order valence-electron chi connectivity index (χ1n) is 5.47. The third-order valence-electron chi connectivity index (χ3n) is 2.92. The SMILES string of the molecule is Cc1csc(OC2CCC(CO)CC2)n1. The molecule has 4 heteroatoms. The summed E-state index contributed by atoms with van der Waals surface area (Å²) in [6, 6.07) is 0. The quantitative estimate of drug-likeness (QED) is 0.862. The van der Waals surface area contributed by atoms with Crippen LogP contribution in [-0.2, 0) is 0 Å². The van der Waals surface area contributed by atoms with Crippen molar-refractivity contribution in [3.63, 3.8) is 0 Å². The highest BCUT2D eigenvalue weighted by atomic mass is 32.1. The van der Waals surface area contributed by atoms with Gasteiger partial charge in [-0.15, -0.1) is 0 Å². The Kier molecular flexibility index (Phi) is 3.59. The van der Waals surface area contributed by atoms with Crippen LogP contribution in [0.1, 0.15) is 31.4 Å². The van der Waals surface area contributed by atoms with Gasteiger partial charge < -0.3 is 9.84 Å². The van der Waals surface area contributed by atoms with Crippen molar-refractivity contribution in [2.24, 2.45) is 5.92 Å². The molecule has 1 fully saturated rings. The monoisotopic (exact) mass is 227 g/mol. The molecule has 1 saturated carbocycles. The lowest BCUT2D eigenvalue weighted by molar-refractivity contribution is 0.104. The number of aryl methyl sites for hydroxylation is 1. The first kappa shape index (κ1) is 10.9. The van der Waals surface area contributed by atoms with E-state index in [9.17, 15) is 0 Å². The Morgan fingerprint density at radius 1 is 1.47 bits per heavy atom. The van der Waals surface area contributed by atoms with Gasteiger partial charge in [0.05, 0.1) is 5.69 Å². The Bertz CT molecular complexity index is 305.